The first kappa shape index (κ1) is 21.4. The Hall–Kier alpha value is -3.82. The van der Waals surface area contributed by atoms with Gasteiger partial charge in [-0.1, -0.05) is 0 Å². The summed E-state index contributed by atoms with van der Waals surface area (Å²) in [5, 5.41) is 7.16. The number of piperidine rings is 1. The van der Waals surface area contributed by atoms with Crippen LogP contribution < -0.4 is 18.9 Å². The van der Waals surface area contributed by atoms with E-state index in [4.69, 9.17) is 18.9 Å². The van der Waals surface area contributed by atoms with E-state index in [1.807, 2.05) is 0 Å². The second-order valence-corrected chi connectivity index (χ2v) is 7.22. The van der Waals surface area contributed by atoms with Gasteiger partial charge < -0.3 is 23.8 Å². The summed E-state index contributed by atoms with van der Waals surface area (Å²) in [4.78, 5) is 22.9. The molecule has 0 saturated carbocycles. The van der Waals surface area contributed by atoms with E-state index in [1.165, 1.54) is 0 Å². The predicted octanol–water partition coefficient (Wildman–Crippen LogP) is 2.58. The molecule has 1 aliphatic rings. The molecule has 0 bridgehead atoms. The highest BCUT2D eigenvalue weighted by atomic mass is 16.5. The van der Waals surface area contributed by atoms with Crippen molar-refractivity contribution in [1.82, 2.24) is 25.1 Å². The summed E-state index contributed by atoms with van der Waals surface area (Å²) in [6, 6.07) is 7.41. The number of H-pyrrole nitrogens is 1. The molecule has 0 radical (unpaired) electrons. The van der Waals surface area contributed by atoms with Crippen LogP contribution in [0.25, 0.3) is 11.3 Å². The molecule has 4 rings (SSSR count). The van der Waals surface area contributed by atoms with Crippen molar-refractivity contribution in [3.8, 4) is 34.5 Å². The summed E-state index contributed by atoms with van der Waals surface area (Å²) in [5.41, 5.74) is 1.76. The summed E-state index contributed by atoms with van der Waals surface area (Å²) in [5.74, 6) is 1.42. The molecule has 1 fully saturated rings. The molecule has 1 saturated heterocycles. The number of hydrogen-bond acceptors (Lipinski definition) is 8. The predicted molar refractivity (Wildman–Crippen MR) is 115 cm³/mol. The number of carbonyl (C=O) groups is 1. The average molecular weight is 439 g/mol. The molecule has 1 aromatic carbocycles. The Bertz CT molecular complexity index is 1040. The molecule has 0 spiro atoms. The fourth-order valence-corrected chi connectivity index (χ4v) is 3.65. The van der Waals surface area contributed by atoms with E-state index >= 15 is 0 Å². The number of ether oxygens (including phenoxy) is 4. The van der Waals surface area contributed by atoms with Gasteiger partial charge in [0.1, 0.15) is 11.8 Å². The molecule has 10 nitrogen and oxygen atoms in total. The highest BCUT2D eigenvalue weighted by molar-refractivity contribution is 5.93. The number of nitrogens with one attached hydrogen (secondary N) is 1. The van der Waals surface area contributed by atoms with Gasteiger partial charge >= 0.3 is 6.01 Å². The third-order valence-electron chi connectivity index (χ3n) is 5.31. The lowest BCUT2D eigenvalue weighted by Gasteiger charge is -2.31. The molecule has 168 valence electrons. The van der Waals surface area contributed by atoms with Gasteiger partial charge in [0.15, 0.2) is 11.5 Å². The third kappa shape index (κ3) is 4.43. The quantitative estimate of drug-likeness (QED) is 0.598. The summed E-state index contributed by atoms with van der Waals surface area (Å²) in [6.45, 7) is 1.16. The zero-order valence-corrected chi connectivity index (χ0v) is 18.2. The topological polar surface area (TPSA) is 112 Å². The second kappa shape index (κ2) is 9.54. The van der Waals surface area contributed by atoms with E-state index < -0.39 is 0 Å². The van der Waals surface area contributed by atoms with Gasteiger partial charge in [-0.25, -0.2) is 9.97 Å². The monoisotopic (exact) mass is 439 g/mol. The van der Waals surface area contributed by atoms with Crippen LogP contribution in [-0.4, -0.2) is 71.5 Å². The van der Waals surface area contributed by atoms with Gasteiger partial charge in [0.25, 0.3) is 5.91 Å². The zero-order valence-electron chi connectivity index (χ0n) is 18.2. The Morgan fingerprint density at radius 1 is 1.00 bits per heavy atom. The van der Waals surface area contributed by atoms with E-state index in [0.29, 0.717) is 60.6 Å². The molecule has 1 aliphatic heterocycles. The normalized spacial score (nSPS) is 14.2. The van der Waals surface area contributed by atoms with Crippen molar-refractivity contribution in [1.29, 1.82) is 0 Å². The standard InChI is InChI=1S/C22H25N5O5/c1-29-18-11-14(12-19(30-2)20(18)31-3)16-13-17(26-25-16)21(28)27-9-5-15(6-10-27)32-22-23-7-4-8-24-22/h4,7-8,11-13,15H,5-6,9-10H2,1-3H3,(H,25,26). The Kier molecular flexibility index (Phi) is 6.39. The first-order chi connectivity index (χ1) is 15.6. The minimum absolute atomic E-state index is 0.0157. The molecular formula is C22H25N5O5. The molecule has 1 amide bonds. The van der Waals surface area contributed by atoms with E-state index in [0.717, 1.165) is 5.56 Å². The highest BCUT2D eigenvalue weighted by Crippen LogP contribution is 2.40. The van der Waals surface area contributed by atoms with Gasteiger partial charge in [-0.2, -0.15) is 5.10 Å². The molecule has 32 heavy (non-hydrogen) atoms. The molecule has 0 atom stereocenters. The van der Waals surface area contributed by atoms with Crippen LogP contribution in [0.3, 0.4) is 0 Å². The van der Waals surface area contributed by atoms with Gasteiger partial charge in [-0.05, 0) is 24.3 Å². The third-order valence-corrected chi connectivity index (χ3v) is 5.31. The number of aromatic amines is 1. The van der Waals surface area contributed by atoms with Crippen LogP contribution in [-0.2, 0) is 0 Å². The van der Waals surface area contributed by atoms with Crippen LogP contribution in [0.4, 0.5) is 0 Å². The van der Waals surface area contributed by atoms with Crippen LogP contribution in [0.5, 0.6) is 23.3 Å². The van der Waals surface area contributed by atoms with Gasteiger partial charge in [-0.15, -0.1) is 0 Å². The summed E-state index contributed by atoms with van der Waals surface area (Å²) < 4.78 is 22.0. The molecule has 10 heteroatoms. The molecule has 3 aromatic rings. The molecule has 1 N–H and O–H groups in total. The van der Waals surface area contributed by atoms with Crippen molar-refractivity contribution < 1.29 is 23.7 Å². The van der Waals surface area contributed by atoms with E-state index in [9.17, 15) is 4.79 Å². The SMILES string of the molecule is COc1cc(-c2cc(C(=O)N3CCC(Oc4ncccn4)CC3)[nH]n2)cc(OC)c1OC. The Morgan fingerprint density at radius 3 is 2.25 bits per heavy atom. The van der Waals surface area contributed by atoms with Crippen LogP contribution in [0.1, 0.15) is 23.3 Å². The lowest BCUT2D eigenvalue weighted by atomic mass is 10.1. The maximum atomic E-state index is 13.0. The number of amides is 1. The number of methoxy groups -OCH3 is 3. The van der Waals surface area contributed by atoms with Crippen LogP contribution in [0.2, 0.25) is 0 Å². The van der Waals surface area contributed by atoms with Crippen LogP contribution in [0, 0.1) is 0 Å². The first-order valence-electron chi connectivity index (χ1n) is 10.2. The minimum atomic E-state index is -0.106. The summed E-state index contributed by atoms with van der Waals surface area (Å²) >= 11 is 0. The largest absolute Gasteiger partial charge is 0.493 e. The first-order valence-corrected chi connectivity index (χ1v) is 10.2. The number of aromatic nitrogens is 4. The van der Waals surface area contributed by atoms with Gasteiger partial charge in [0.05, 0.1) is 27.0 Å². The summed E-state index contributed by atoms with van der Waals surface area (Å²) in [7, 11) is 4.65. The smallest absolute Gasteiger partial charge is 0.316 e. The van der Waals surface area contributed by atoms with Gasteiger partial charge in [-0.3, -0.25) is 9.89 Å². The van der Waals surface area contributed by atoms with E-state index in [2.05, 4.69) is 20.2 Å². The van der Waals surface area contributed by atoms with Gasteiger partial charge in [0, 0.05) is 43.9 Å². The Labute approximate surface area is 185 Å². The van der Waals surface area contributed by atoms with Crippen molar-refractivity contribution in [2.75, 3.05) is 34.4 Å². The minimum Gasteiger partial charge on any atom is -0.493 e. The number of likely N-dealkylation sites (tertiary alicyclic amines) is 1. The van der Waals surface area contributed by atoms with Crippen LogP contribution in [0.15, 0.2) is 36.7 Å². The molecule has 0 aliphatic carbocycles. The van der Waals surface area contributed by atoms with E-state index in [1.54, 1.807) is 62.9 Å². The van der Waals surface area contributed by atoms with Crippen LogP contribution >= 0.6 is 0 Å². The molecular weight excluding hydrogens is 414 g/mol. The average Bonchev–Trinajstić information content (AvgIpc) is 3.34. The Balaban J connectivity index is 1.43. The lowest BCUT2D eigenvalue weighted by molar-refractivity contribution is 0.0573. The van der Waals surface area contributed by atoms with Gasteiger partial charge in [0.2, 0.25) is 5.75 Å². The van der Waals surface area contributed by atoms with Crippen molar-refractivity contribution in [2.24, 2.45) is 0 Å². The van der Waals surface area contributed by atoms with Crippen molar-refractivity contribution in [3.63, 3.8) is 0 Å². The van der Waals surface area contributed by atoms with Crippen molar-refractivity contribution in [3.05, 3.63) is 42.4 Å². The Morgan fingerprint density at radius 2 is 1.66 bits per heavy atom. The zero-order chi connectivity index (χ0) is 22.5. The van der Waals surface area contributed by atoms with E-state index in [-0.39, 0.29) is 12.0 Å². The maximum absolute atomic E-state index is 13.0. The number of carbonyl (C=O) groups excluding carboxylic acids is 1. The molecule has 2 aromatic heterocycles. The number of rotatable bonds is 7. The van der Waals surface area contributed by atoms with Crippen molar-refractivity contribution in [2.45, 2.75) is 18.9 Å². The fourth-order valence-electron chi connectivity index (χ4n) is 3.65. The number of benzene rings is 1. The fraction of sp³-hybridized carbons (Fsp3) is 0.364. The molecule has 3 heterocycles. The second-order valence-electron chi connectivity index (χ2n) is 7.22. The number of nitrogens with zero attached hydrogens (tertiary/aromatic N) is 4. The molecule has 0 unspecified atom stereocenters. The van der Waals surface area contributed by atoms with Crippen molar-refractivity contribution >= 4 is 5.91 Å². The lowest BCUT2D eigenvalue weighted by Crippen LogP contribution is -2.42. The summed E-state index contributed by atoms with van der Waals surface area (Å²) in [6.07, 6.45) is 4.68. The highest BCUT2D eigenvalue weighted by Gasteiger charge is 2.26. The number of hydrogen-bond donors (Lipinski definition) is 1. The maximum Gasteiger partial charge on any atom is 0.316 e.